The predicted octanol–water partition coefficient (Wildman–Crippen LogP) is 3.01. The molecule has 0 aromatic heterocycles. The van der Waals surface area contributed by atoms with Gasteiger partial charge in [-0.05, 0) is 44.4 Å². The maximum absolute atomic E-state index is 4.33. The summed E-state index contributed by atoms with van der Waals surface area (Å²) < 4.78 is 0. The van der Waals surface area contributed by atoms with E-state index >= 15 is 0 Å². The van der Waals surface area contributed by atoms with Gasteiger partial charge in [-0.3, -0.25) is 9.89 Å². The summed E-state index contributed by atoms with van der Waals surface area (Å²) in [5, 5.41) is 6.86. The van der Waals surface area contributed by atoms with Crippen LogP contribution in [-0.4, -0.2) is 43.6 Å². The Morgan fingerprint density at radius 1 is 1.26 bits per heavy atom. The number of likely N-dealkylation sites (N-methyl/N-ethyl adjacent to an activating group) is 1. The van der Waals surface area contributed by atoms with Crippen molar-refractivity contribution in [3.05, 3.63) is 35.4 Å². The molecule has 0 spiro atoms. The van der Waals surface area contributed by atoms with Crippen molar-refractivity contribution in [2.24, 2.45) is 4.99 Å². The molecule has 23 heavy (non-hydrogen) atoms. The molecule has 0 heterocycles. The third kappa shape index (κ3) is 6.30. The van der Waals surface area contributed by atoms with Crippen LogP contribution in [0, 0.1) is 0 Å². The molecule has 2 N–H and O–H groups in total. The molecule has 2 rings (SSSR count). The fourth-order valence-corrected chi connectivity index (χ4v) is 2.70. The quantitative estimate of drug-likeness (QED) is 0.397. The largest absolute Gasteiger partial charge is 0.355 e. The van der Waals surface area contributed by atoms with Gasteiger partial charge in [0.25, 0.3) is 0 Å². The Hall–Kier alpha value is -0.820. The van der Waals surface area contributed by atoms with Gasteiger partial charge in [-0.1, -0.05) is 31.2 Å². The summed E-state index contributed by atoms with van der Waals surface area (Å²) in [7, 11) is 4.05. The zero-order valence-corrected chi connectivity index (χ0v) is 17.1. The molecule has 1 aromatic carbocycles. The fourth-order valence-electron chi connectivity index (χ4n) is 2.70. The Bertz CT molecular complexity index is 500. The number of nitrogens with one attached hydrogen (secondary N) is 2. The lowest BCUT2D eigenvalue weighted by atomic mass is 10.1. The zero-order valence-electron chi connectivity index (χ0n) is 14.8. The minimum atomic E-state index is 0. The summed E-state index contributed by atoms with van der Waals surface area (Å²) in [6.45, 7) is 6.20. The second-order valence-electron chi connectivity index (χ2n) is 6.17. The van der Waals surface area contributed by atoms with Crippen molar-refractivity contribution < 1.29 is 0 Å². The van der Waals surface area contributed by atoms with E-state index in [1.165, 1.54) is 24.0 Å². The van der Waals surface area contributed by atoms with E-state index in [4.69, 9.17) is 0 Å². The molecule has 5 heteroatoms. The Balaban J connectivity index is 0.00000264. The molecule has 130 valence electrons. The highest BCUT2D eigenvalue weighted by Gasteiger charge is 2.28. The number of nitrogens with zero attached hydrogens (tertiary/aromatic N) is 2. The molecule has 4 nitrogen and oxygen atoms in total. The predicted molar refractivity (Wildman–Crippen MR) is 110 cm³/mol. The SMILES string of the molecule is CCc1ccccc1CNC(=NC)NCC(C)N(C)C1CC1.I. The lowest BCUT2D eigenvalue weighted by molar-refractivity contribution is 0.247. The van der Waals surface area contributed by atoms with E-state index in [0.717, 1.165) is 31.5 Å². The maximum atomic E-state index is 4.33. The number of hydrogen-bond acceptors (Lipinski definition) is 2. The number of aliphatic imine (C=N–C) groups is 1. The third-order valence-corrected chi connectivity index (χ3v) is 4.55. The summed E-state index contributed by atoms with van der Waals surface area (Å²) in [5.74, 6) is 0.877. The second-order valence-corrected chi connectivity index (χ2v) is 6.17. The molecule has 0 saturated heterocycles. The topological polar surface area (TPSA) is 39.7 Å². The highest BCUT2D eigenvalue weighted by Crippen LogP contribution is 2.26. The molecule has 0 bridgehead atoms. The van der Waals surface area contributed by atoms with Crippen LogP contribution >= 0.6 is 24.0 Å². The number of hydrogen-bond donors (Lipinski definition) is 2. The lowest BCUT2D eigenvalue weighted by Crippen LogP contribution is -2.45. The first-order valence-corrected chi connectivity index (χ1v) is 8.39. The molecule has 0 radical (unpaired) electrons. The van der Waals surface area contributed by atoms with Gasteiger partial charge in [0.15, 0.2) is 5.96 Å². The normalized spacial score (nSPS) is 16.0. The van der Waals surface area contributed by atoms with Gasteiger partial charge in [0.2, 0.25) is 0 Å². The highest BCUT2D eigenvalue weighted by molar-refractivity contribution is 14.0. The van der Waals surface area contributed by atoms with Crippen LogP contribution in [0.15, 0.2) is 29.3 Å². The van der Waals surface area contributed by atoms with Gasteiger partial charge < -0.3 is 10.6 Å². The van der Waals surface area contributed by atoms with Crippen LogP contribution in [0.1, 0.15) is 37.8 Å². The van der Waals surface area contributed by atoms with Crippen LogP contribution in [0.3, 0.4) is 0 Å². The minimum absolute atomic E-state index is 0. The Kier molecular flexibility index (Phi) is 8.91. The Morgan fingerprint density at radius 3 is 2.48 bits per heavy atom. The van der Waals surface area contributed by atoms with Gasteiger partial charge in [0, 0.05) is 32.2 Å². The van der Waals surface area contributed by atoms with E-state index in [0.29, 0.717) is 6.04 Å². The minimum Gasteiger partial charge on any atom is -0.355 e. The van der Waals surface area contributed by atoms with Crippen molar-refractivity contribution in [3.8, 4) is 0 Å². The van der Waals surface area contributed by atoms with E-state index in [9.17, 15) is 0 Å². The zero-order chi connectivity index (χ0) is 15.9. The van der Waals surface area contributed by atoms with E-state index in [2.05, 4.69) is 65.7 Å². The molecule has 1 fully saturated rings. The molecular formula is C18H31IN4. The van der Waals surface area contributed by atoms with E-state index < -0.39 is 0 Å². The van der Waals surface area contributed by atoms with Crippen LogP contribution in [0.4, 0.5) is 0 Å². The number of aryl methyl sites for hydroxylation is 1. The fraction of sp³-hybridized carbons (Fsp3) is 0.611. The van der Waals surface area contributed by atoms with E-state index in [-0.39, 0.29) is 24.0 Å². The summed E-state index contributed by atoms with van der Waals surface area (Å²) >= 11 is 0. The Labute approximate surface area is 158 Å². The van der Waals surface area contributed by atoms with Crippen molar-refractivity contribution in [1.29, 1.82) is 0 Å². The number of halogens is 1. The van der Waals surface area contributed by atoms with Crippen LogP contribution in [0.25, 0.3) is 0 Å². The van der Waals surface area contributed by atoms with Gasteiger partial charge >= 0.3 is 0 Å². The van der Waals surface area contributed by atoms with Crippen LogP contribution in [0.5, 0.6) is 0 Å². The third-order valence-electron chi connectivity index (χ3n) is 4.55. The molecular weight excluding hydrogens is 399 g/mol. The number of benzene rings is 1. The smallest absolute Gasteiger partial charge is 0.191 e. The molecule has 1 aromatic rings. The van der Waals surface area contributed by atoms with Crippen LogP contribution in [0.2, 0.25) is 0 Å². The van der Waals surface area contributed by atoms with Crippen molar-refractivity contribution in [2.75, 3.05) is 20.6 Å². The lowest BCUT2D eigenvalue weighted by Gasteiger charge is -2.25. The van der Waals surface area contributed by atoms with Crippen molar-refractivity contribution in [2.45, 2.75) is 51.7 Å². The Morgan fingerprint density at radius 2 is 1.91 bits per heavy atom. The average Bonchev–Trinajstić information content (AvgIpc) is 3.39. The van der Waals surface area contributed by atoms with Gasteiger partial charge in [-0.15, -0.1) is 24.0 Å². The summed E-state index contributed by atoms with van der Waals surface area (Å²) in [5.41, 5.74) is 2.74. The van der Waals surface area contributed by atoms with Crippen molar-refractivity contribution >= 4 is 29.9 Å². The second kappa shape index (κ2) is 10.1. The first-order valence-electron chi connectivity index (χ1n) is 8.39. The van der Waals surface area contributed by atoms with E-state index in [1.54, 1.807) is 0 Å². The van der Waals surface area contributed by atoms with Gasteiger partial charge in [-0.25, -0.2) is 0 Å². The standard InChI is InChI=1S/C18H30N4.HI/c1-5-15-8-6-7-9-16(15)13-21-18(19-3)20-12-14(2)22(4)17-10-11-17;/h6-9,14,17H,5,10-13H2,1-4H3,(H2,19,20,21);1H. The summed E-state index contributed by atoms with van der Waals surface area (Å²) in [4.78, 5) is 6.79. The average molecular weight is 430 g/mol. The highest BCUT2D eigenvalue weighted by atomic mass is 127. The van der Waals surface area contributed by atoms with Crippen LogP contribution < -0.4 is 10.6 Å². The monoisotopic (exact) mass is 430 g/mol. The molecule has 0 amide bonds. The van der Waals surface area contributed by atoms with E-state index in [1.807, 2.05) is 7.05 Å². The first kappa shape index (κ1) is 20.2. The van der Waals surface area contributed by atoms with Crippen molar-refractivity contribution in [1.82, 2.24) is 15.5 Å². The molecule has 1 aliphatic rings. The molecule has 1 atom stereocenters. The van der Waals surface area contributed by atoms with Gasteiger partial charge in [0.05, 0.1) is 0 Å². The van der Waals surface area contributed by atoms with Gasteiger partial charge in [0.1, 0.15) is 0 Å². The van der Waals surface area contributed by atoms with Crippen molar-refractivity contribution in [3.63, 3.8) is 0 Å². The molecule has 1 aliphatic carbocycles. The molecule has 0 aliphatic heterocycles. The summed E-state index contributed by atoms with van der Waals surface area (Å²) in [6.07, 6.45) is 3.76. The van der Waals surface area contributed by atoms with Crippen LogP contribution in [-0.2, 0) is 13.0 Å². The summed E-state index contributed by atoms with van der Waals surface area (Å²) in [6, 6.07) is 9.89. The molecule has 1 unspecified atom stereocenters. The maximum Gasteiger partial charge on any atom is 0.191 e. The van der Waals surface area contributed by atoms with Gasteiger partial charge in [-0.2, -0.15) is 0 Å². The number of rotatable bonds is 7. The first-order chi connectivity index (χ1) is 10.7. The molecule has 1 saturated carbocycles. The number of guanidine groups is 1.